The molecule has 0 bridgehead atoms. The molecule has 1 aromatic heterocycles. The van der Waals surface area contributed by atoms with Crippen molar-refractivity contribution in [1.82, 2.24) is 4.98 Å². The lowest BCUT2D eigenvalue weighted by atomic mass is 10.1. The predicted octanol–water partition coefficient (Wildman–Crippen LogP) is 4.70. The second-order valence-electron chi connectivity index (χ2n) is 4.94. The van der Waals surface area contributed by atoms with Crippen LogP contribution in [0.15, 0.2) is 42.6 Å². The van der Waals surface area contributed by atoms with Gasteiger partial charge in [0.25, 0.3) is 0 Å². The third-order valence-electron chi connectivity index (χ3n) is 2.84. The zero-order valence-electron chi connectivity index (χ0n) is 11.9. The Balaban J connectivity index is 2.17. The number of pyridine rings is 1. The molecule has 2 aromatic rings. The molecular formula is C16H19ClN2O. The van der Waals surface area contributed by atoms with Crippen LogP contribution in [0.3, 0.4) is 0 Å². The van der Waals surface area contributed by atoms with E-state index in [1.165, 1.54) is 0 Å². The number of ether oxygens (including phenoxy) is 1. The summed E-state index contributed by atoms with van der Waals surface area (Å²) >= 11 is 6.02. The van der Waals surface area contributed by atoms with Gasteiger partial charge in [0.1, 0.15) is 0 Å². The van der Waals surface area contributed by atoms with E-state index in [1.54, 1.807) is 6.20 Å². The maximum atomic E-state index is 6.02. The van der Waals surface area contributed by atoms with Crippen LogP contribution in [0, 0.1) is 0 Å². The van der Waals surface area contributed by atoms with Crippen molar-refractivity contribution in [2.24, 2.45) is 0 Å². The molecule has 0 spiro atoms. The van der Waals surface area contributed by atoms with Gasteiger partial charge in [0.05, 0.1) is 12.1 Å². The fourth-order valence-corrected chi connectivity index (χ4v) is 2.11. The van der Waals surface area contributed by atoms with Gasteiger partial charge in [-0.1, -0.05) is 23.7 Å². The van der Waals surface area contributed by atoms with Crippen LogP contribution in [-0.2, 0) is 0 Å². The first-order valence-corrected chi connectivity index (χ1v) is 7.07. The highest BCUT2D eigenvalue weighted by atomic mass is 35.5. The van der Waals surface area contributed by atoms with Crippen LogP contribution < -0.4 is 10.1 Å². The standard InChI is InChI=1S/C16H19ClN2O/c1-11(2)20-15-8-5-9-18-16(15)19-12(3)13-6-4-7-14(17)10-13/h4-12H,1-3H3,(H,18,19). The van der Waals surface area contributed by atoms with Gasteiger partial charge in [0.15, 0.2) is 11.6 Å². The van der Waals surface area contributed by atoms with Crippen molar-refractivity contribution in [2.75, 3.05) is 5.32 Å². The number of nitrogens with one attached hydrogen (secondary N) is 1. The second-order valence-corrected chi connectivity index (χ2v) is 5.37. The summed E-state index contributed by atoms with van der Waals surface area (Å²) in [4.78, 5) is 4.35. The Hall–Kier alpha value is -1.74. The molecule has 106 valence electrons. The third kappa shape index (κ3) is 3.87. The Morgan fingerprint density at radius 3 is 2.65 bits per heavy atom. The number of hydrogen-bond acceptors (Lipinski definition) is 3. The number of hydrogen-bond donors (Lipinski definition) is 1. The van der Waals surface area contributed by atoms with E-state index in [0.717, 1.165) is 22.2 Å². The van der Waals surface area contributed by atoms with Gasteiger partial charge < -0.3 is 10.1 Å². The summed E-state index contributed by atoms with van der Waals surface area (Å²) in [5.41, 5.74) is 1.11. The van der Waals surface area contributed by atoms with E-state index in [-0.39, 0.29) is 12.1 Å². The van der Waals surface area contributed by atoms with Crippen molar-refractivity contribution < 1.29 is 4.74 Å². The molecule has 0 radical (unpaired) electrons. The van der Waals surface area contributed by atoms with Crippen LogP contribution in [0.1, 0.15) is 32.4 Å². The van der Waals surface area contributed by atoms with Crippen LogP contribution in [0.5, 0.6) is 5.75 Å². The highest BCUT2D eigenvalue weighted by molar-refractivity contribution is 6.30. The van der Waals surface area contributed by atoms with Crippen molar-refractivity contribution in [1.29, 1.82) is 0 Å². The van der Waals surface area contributed by atoms with E-state index in [1.807, 2.05) is 50.2 Å². The molecule has 1 unspecified atom stereocenters. The zero-order valence-corrected chi connectivity index (χ0v) is 12.7. The van der Waals surface area contributed by atoms with E-state index >= 15 is 0 Å². The van der Waals surface area contributed by atoms with Crippen LogP contribution >= 0.6 is 11.6 Å². The van der Waals surface area contributed by atoms with Crippen LogP contribution in [0.4, 0.5) is 5.82 Å². The molecule has 1 aromatic carbocycles. The molecule has 2 rings (SSSR count). The molecule has 0 fully saturated rings. The summed E-state index contributed by atoms with van der Waals surface area (Å²) in [6, 6.07) is 11.7. The third-order valence-corrected chi connectivity index (χ3v) is 3.07. The monoisotopic (exact) mass is 290 g/mol. The SMILES string of the molecule is CC(C)Oc1cccnc1NC(C)c1cccc(Cl)c1. The molecule has 0 aliphatic carbocycles. The highest BCUT2D eigenvalue weighted by Crippen LogP contribution is 2.27. The van der Waals surface area contributed by atoms with E-state index in [0.29, 0.717) is 0 Å². The Labute approximate surface area is 124 Å². The molecule has 20 heavy (non-hydrogen) atoms. The molecule has 0 amide bonds. The lowest BCUT2D eigenvalue weighted by Crippen LogP contribution is -2.12. The summed E-state index contributed by atoms with van der Waals surface area (Å²) in [7, 11) is 0. The van der Waals surface area contributed by atoms with E-state index in [4.69, 9.17) is 16.3 Å². The number of halogens is 1. The first kappa shape index (κ1) is 14.7. The van der Waals surface area contributed by atoms with Gasteiger partial charge in [0, 0.05) is 11.2 Å². The van der Waals surface area contributed by atoms with Crippen LogP contribution in [0.25, 0.3) is 0 Å². The second kappa shape index (κ2) is 6.62. The molecule has 0 aliphatic rings. The molecule has 0 saturated heterocycles. The van der Waals surface area contributed by atoms with Gasteiger partial charge in [-0.2, -0.15) is 0 Å². The molecule has 4 heteroatoms. The Morgan fingerprint density at radius 2 is 1.95 bits per heavy atom. The lowest BCUT2D eigenvalue weighted by Gasteiger charge is -2.19. The van der Waals surface area contributed by atoms with Gasteiger partial charge in [0.2, 0.25) is 0 Å². The molecule has 1 atom stereocenters. The van der Waals surface area contributed by atoms with E-state index in [9.17, 15) is 0 Å². The molecule has 1 heterocycles. The van der Waals surface area contributed by atoms with E-state index in [2.05, 4.69) is 17.2 Å². The largest absolute Gasteiger partial charge is 0.487 e. The first-order valence-electron chi connectivity index (χ1n) is 6.70. The molecular weight excluding hydrogens is 272 g/mol. The quantitative estimate of drug-likeness (QED) is 0.867. The average Bonchev–Trinajstić information content (AvgIpc) is 2.40. The normalized spacial score (nSPS) is 12.2. The van der Waals surface area contributed by atoms with Gasteiger partial charge in [-0.3, -0.25) is 0 Å². The highest BCUT2D eigenvalue weighted by Gasteiger charge is 2.11. The van der Waals surface area contributed by atoms with Crippen LogP contribution in [0.2, 0.25) is 5.02 Å². The minimum Gasteiger partial charge on any atom is -0.487 e. The van der Waals surface area contributed by atoms with Crippen LogP contribution in [-0.4, -0.2) is 11.1 Å². The molecule has 0 aliphatic heterocycles. The summed E-state index contributed by atoms with van der Waals surface area (Å²) < 4.78 is 5.75. The Bertz CT molecular complexity index is 572. The van der Waals surface area contributed by atoms with Crippen molar-refractivity contribution >= 4 is 17.4 Å². The Kier molecular flexibility index (Phi) is 4.85. The van der Waals surface area contributed by atoms with Crippen molar-refractivity contribution in [3.8, 4) is 5.75 Å². The number of anilines is 1. The summed E-state index contributed by atoms with van der Waals surface area (Å²) in [6.07, 6.45) is 1.86. The average molecular weight is 291 g/mol. The molecule has 1 N–H and O–H groups in total. The van der Waals surface area contributed by atoms with Gasteiger partial charge >= 0.3 is 0 Å². The first-order chi connectivity index (χ1) is 9.56. The Morgan fingerprint density at radius 1 is 1.15 bits per heavy atom. The topological polar surface area (TPSA) is 34.1 Å². The smallest absolute Gasteiger partial charge is 0.169 e. The lowest BCUT2D eigenvalue weighted by molar-refractivity contribution is 0.242. The minimum atomic E-state index is 0.0955. The summed E-state index contributed by atoms with van der Waals surface area (Å²) in [5, 5.41) is 4.10. The van der Waals surface area contributed by atoms with Crippen molar-refractivity contribution in [2.45, 2.75) is 32.9 Å². The molecule has 3 nitrogen and oxygen atoms in total. The number of nitrogens with zero attached hydrogens (tertiary/aromatic N) is 1. The van der Waals surface area contributed by atoms with Gasteiger partial charge in [-0.25, -0.2) is 4.98 Å². The van der Waals surface area contributed by atoms with Gasteiger partial charge in [-0.15, -0.1) is 0 Å². The number of aromatic nitrogens is 1. The summed E-state index contributed by atoms with van der Waals surface area (Å²) in [6.45, 7) is 6.06. The summed E-state index contributed by atoms with van der Waals surface area (Å²) in [5.74, 6) is 1.50. The van der Waals surface area contributed by atoms with Crippen molar-refractivity contribution in [3.05, 3.63) is 53.2 Å². The zero-order chi connectivity index (χ0) is 14.5. The fraction of sp³-hybridized carbons (Fsp3) is 0.312. The number of benzene rings is 1. The maximum absolute atomic E-state index is 6.02. The maximum Gasteiger partial charge on any atom is 0.169 e. The predicted molar refractivity (Wildman–Crippen MR) is 83.5 cm³/mol. The van der Waals surface area contributed by atoms with Gasteiger partial charge in [-0.05, 0) is 50.6 Å². The minimum absolute atomic E-state index is 0.0955. The molecule has 0 saturated carbocycles. The van der Waals surface area contributed by atoms with E-state index < -0.39 is 0 Å². The number of rotatable bonds is 5. The van der Waals surface area contributed by atoms with Crippen molar-refractivity contribution in [3.63, 3.8) is 0 Å². The fourth-order valence-electron chi connectivity index (χ4n) is 1.91.